The number of carbonyl (C=O) groups excluding carboxylic acids is 1. The number of nitrogens with one attached hydrogen (secondary N) is 1. The van der Waals surface area contributed by atoms with Crippen molar-refractivity contribution in [3.8, 4) is 0 Å². The van der Waals surface area contributed by atoms with Crippen molar-refractivity contribution in [3.63, 3.8) is 0 Å². The number of carbonyl (C=O) groups is 1. The lowest BCUT2D eigenvalue weighted by Gasteiger charge is -2.35. The van der Waals surface area contributed by atoms with Gasteiger partial charge in [-0.15, -0.1) is 0 Å². The lowest BCUT2D eigenvalue weighted by Crippen LogP contribution is -2.50. The summed E-state index contributed by atoms with van der Waals surface area (Å²) in [4.78, 5) is 15.6. The summed E-state index contributed by atoms with van der Waals surface area (Å²) in [7, 11) is 0. The van der Waals surface area contributed by atoms with Gasteiger partial charge in [0.15, 0.2) is 0 Å². The van der Waals surface area contributed by atoms with Crippen molar-refractivity contribution < 1.29 is 9.53 Å². The third-order valence-corrected chi connectivity index (χ3v) is 6.30. The first-order chi connectivity index (χ1) is 12.1. The van der Waals surface area contributed by atoms with Crippen molar-refractivity contribution in [1.82, 2.24) is 10.2 Å². The summed E-state index contributed by atoms with van der Waals surface area (Å²) in [6.07, 6.45) is 5.31. The predicted molar refractivity (Wildman–Crippen MR) is 98.5 cm³/mol. The maximum atomic E-state index is 13.1. The number of rotatable bonds is 3. The van der Waals surface area contributed by atoms with E-state index in [0.717, 1.165) is 51.9 Å². The fraction of sp³-hybridized carbons (Fsp3) is 0.667. The summed E-state index contributed by atoms with van der Waals surface area (Å²) in [5.74, 6) is 0.703. The van der Waals surface area contributed by atoms with Crippen LogP contribution in [0.25, 0.3) is 0 Å². The van der Waals surface area contributed by atoms with Gasteiger partial charge in [-0.05, 0) is 62.6 Å². The summed E-state index contributed by atoms with van der Waals surface area (Å²) in [6, 6.07) is 7.40. The Balaban J connectivity index is 1.47. The van der Waals surface area contributed by atoms with Crippen molar-refractivity contribution in [2.75, 3.05) is 19.8 Å². The Morgan fingerprint density at radius 3 is 2.84 bits per heavy atom. The number of hydrogen-bond acceptors (Lipinski definition) is 3. The van der Waals surface area contributed by atoms with E-state index in [1.807, 2.05) is 0 Å². The van der Waals surface area contributed by atoms with Crippen molar-refractivity contribution in [2.45, 2.75) is 64.1 Å². The Morgan fingerprint density at radius 1 is 1.24 bits per heavy atom. The first kappa shape index (κ1) is 17.0. The largest absolute Gasteiger partial charge is 0.381 e. The molecule has 3 aliphatic rings. The van der Waals surface area contributed by atoms with E-state index in [1.165, 1.54) is 16.7 Å². The second-order valence-electron chi connectivity index (χ2n) is 8.11. The minimum atomic E-state index is 0.0455. The van der Waals surface area contributed by atoms with Gasteiger partial charge in [-0.3, -0.25) is 9.69 Å². The lowest BCUT2D eigenvalue weighted by molar-refractivity contribution is -0.128. The normalized spacial score (nSPS) is 30.4. The highest BCUT2D eigenvalue weighted by Crippen LogP contribution is 2.37. The van der Waals surface area contributed by atoms with E-state index in [-0.39, 0.29) is 18.0 Å². The van der Waals surface area contributed by atoms with Gasteiger partial charge in [0.25, 0.3) is 0 Å². The monoisotopic (exact) mass is 342 g/mol. The maximum absolute atomic E-state index is 13.1. The van der Waals surface area contributed by atoms with Crippen LogP contribution in [0.3, 0.4) is 0 Å². The molecule has 2 heterocycles. The number of amides is 1. The van der Waals surface area contributed by atoms with Crippen LogP contribution in [0.4, 0.5) is 0 Å². The van der Waals surface area contributed by atoms with E-state index in [1.54, 1.807) is 0 Å². The number of hydrogen-bond donors (Lipinski definition) is 1. The van der Waals surface area contributed by atoms with Gasteiger partial charge in [-0.2, -0.15) is 0 Å². The molecule has 3 atom stereocenters. The molecule has 0 spiro atoms. The second kappa shape index (κ2) is 7.08. The summed E-state index contributed by atoms with van der Waals surface area (Å²) < 4.78 is 5.50. The highest BCUT2D eigenvalue weighted by molar-refractivity contribution is 5.82. The minimum Gasteiger partial charge on any atom is -0.381 e. The fourth-order valence-electron chi connectivity index (χ4n) is 4.95. The summed E-state index contributed by atoms with van der Waals surface area (Å²) in [5.41, 5.74) is 4.00. The molecule has 1 aromatic rings. The van der Waals surface area contributed by atoms with Gasteiger partial charge in [-0.1, -0.05) is 30.7 Å². The molecule has 2 saturated heterocycles. The number of aryl methyl sites for hydroxylation is 1. The first-order valence-corrected chi connectivity index (χ1v) is 9.87. The zero-order valence-corrected chi connectivity index (χ0v) is 15.5. The van der Waals surface area contributed by atoms with Crippen molar-refractivity contribution in [3.05, 3.63) is 34.9 Å². The molecule has 1 N–H and O–H groups in total. The SMILES string of the molecule is Cc1ccc2c(c1)[C@H](NC(=O)[C@@H]1CCCN1C1CCOCC1)[C@@H](C)C2. The molecular weight excluding hydrogens is 312 g/mol. The van der Waals surface area contributed by atoms with Gasteiger partial charge in [0, 0.05) is 19.3 Å². The van der Waals surface area contributed by atoms with Crippen LogP contribution in [0.5, 0.6) is 0 Å². The van der Waals surface area contributed by atoms with Crippen LogP contribution in [0.1, 0.15) is 55.3 Å². The standard InChI is InChI=1S/C21H30N2O2/c1-14-5-6-16-13-15(2)20(18(16)12-14)22-21(24)19-4-3-9-23(19)17-7-10-25-11-8-17/h5-6,12,15,17,19-20H,3-4,7-11,13H2,1-2H3,(H,22,24)/t15-,19-,20+/m0/s1. The second-order valence-corrected chi connectivity index (χ2v) is 8.11. The third-order valence-electron chi connectivity index (χ3n) is 6.30. The van der Waals surface area contributed by atoms with Crippen LogP contribution in [0.15, 0.2) is 18.2 Å². The van der Waals surface area contributed by atoms with E-state index in [4.69, 9.17) is 4.74 Å². The van der Waals surface area contributed by atoms with Crippen LogP contribution >= 0.6 is 0 Å². The minimum absolute atomic E-state index is 0.0455. The summed E-state index contributed by atoms with van der Waals surface area (Å²) in [5, 5.41) is 3.41. The molecule has 4 nitrogen and oxygen atoms in total. The molecule has 0 aromatic heterocycles. The van der Waals surface area contributed by atoms with E-state index in [0.29, 0.717) is 12.0 Å². The quantitative estimate of drug-likeness (QED) is 0.918. The maximum Gasteiger partial charge on any atom is 0.237 e. The van der Waals surface area contributed by atoms with Crippen LogP contribution < -0.4 is 5.32 Å². The van der Waals surface area contributed by atoms with E-state index < -0.39 is 0 Å². The highest BCUT2D eigenvalue weighted by atomic mass is 16.5. The van der Waals surface area contributed by atoms with Crippen molar-refractivity contribution >= 4 is 5.91 Å². The fourth-order valence-corrected chi connectivity index (χ4v) is 4.95. The average molecular weight is 342 g/mol. The summed E-state index contributed by atoms with van der Waals surface area (Å²) >= 11 is 0. The van der Waals surface area contributed by atoms with Gasteiger partial charge < -0.3 is 10.1 Å². The predicted octanol–water partition coefficient (Wildman–Crippen LogP) is 2.99. The van der Waals surface area contributed by atoms with Gasteiger partial charge in [-0.25, -0.2) is 0 Å². The molecule has 4 heteroatoms. The number of likely N-dealkylation sites (tertiary alicyclic amines) is 1. The topological polar surface area (TPSA) is 41.6 Å². The molecule has 136 valence electrons. The van der Waals surface area contributed by atoms with Crippen molar-refractivity contribution in [1.29, 1.82) is 0 Å². The Bertz CT molecular complexity index is 639. The molecular formula is C21H30N2O2. The molecule has 1 aromatic carbocycles. The lowest BCUT2D eigenvalue weighted by atomic mass is 10.0. The first-order valence-electron chi connectivity index (χ1n) is 9.87. The molecule has 0 unspecified atom stereocenters. The van der Waals surface area contributed by atoms with E-state index >= 15 is 0 Å². The van der Waals surface area contributed by atoms with Crippen LogP contribution in [-0.4, -0.2) is 42.6 Å². The number of fused-ring (bicyclic) bond motifs is 1. The average Bonchev–Trinajstić information content (AvgIpc) is 3.21. The van der Waals surface area contributed by atoms with Crippen LogP contribution in [0, 0.1) is 12.8 Å². The highest BCUT2D eigenvalue weighted by Gasteiger charge is 2.38. The van der Waals surface area contributed by atoms with Gasteiger partial charge in [0.1, 0.15) is 0 Å². The van der Waals surface area contributed by atoms with Gasteiger partial charge in [0.05, 0.1) is 12.1 Å². The summed E-state index contributed by atoms with van der Waals surface area (Å²) in [6.45, 7) is 7.11. The molecule has 2 fully saturated rings. The number of benzene rings is 1. The Kier molecular flexibility index (Phi) is 4.83. The Hall–Kier alpha value is -1.39. The molecule has 2 aliphatic heterocycles. The molecule has 1 aliphatic carbocycles. The zero-order chi connectivity index (χ0) is 17.4. The Labute approximate surface area is 150 Å². The number of ether oxygens (including phenoxy) is 1. The Morgan fingerprint density at radius 2 is 2.04 bits per heavy atom. The molecule has 0 radical (unpaired) electrons. The van der Waals surface area contributed by atoms with Crippen LogP contribution in [-0.2, 0) is 16.0 Å². The third kappa shape index (κ3) is 3.34. The zero-order valence-electron chi connectivity index (χ0n) is 15.5. The van der Waals surface area contributed by atoms with Gasteiger partial charge >= 0.3 is 0 Å². The molecule has 1 amide bonds. The van der Waals surface area contributed by atoms with Crippen molar-refractivity contribution in [2.24, 2.45) is 5.92 Å². The molecule has 25 heavy (non-hydrogen) atoms. The smallest absolute Gasteiger partial charge is 0.237 e. The van der Waals surface area contributed by atoms with Crippen LogP contribution in [0.2, 0.25) is 0 Å². The number of nitrogens with zero attached hydrogens (tertiary/aromatic N) is 1. The van der Waals surface area contributed by atoms with E-state index in [9.17, 15) is 4.79 Å². The van der Waals surface area contributed by atoms with E-state index in [2.05, 4.69) is 42.3 Å². The molecule has 0 saturated carbocycles. The molecule has 0 bridgehead atoms. The van der Waals surface area contributed by atoms with Gasteiger partial charge in [0.2, 0.25) is 5.91 Å². The molecule has 4 rings (SSSR count).